The fraction of sp³-hybridized carbons (Fsp3) is 0.188. The molecule has 0 saturated heterocycles. The normalized spacial score (nSPS) is 17.2. The van der Waals surface area contributed by atoms with Gasteiger partial charge in [-0.15, -0.1) is 5.41 Å². The molecule has 0 amide bonds. The van der Waals surface area contributed by atoms with Crippen LogP contribution in [0.5, 0.6) is 0 Å². The molecule has 1 heteroatoms. The maximum absolute atomic E-state index is 2.26. The van der Waals surface area contributed by atoms with Crippen molar-refractivity contribution in [3.63, 3.8) is 0 Å². The van der Waals surface area contributed by atoms with Crippen molar-refractivity contribution in [1.82, 2.24) is 0 Å². The average molecular weight is 214 g/mol. The van der Waals surface area contributed by atoms with E-state index < -0.39 is 0 Å². The van der Waals surface area contributed by atoms with Crippen LogP contribution in [0.15, 0.2) is 60.7 Å². The number of benzene rings is 2. The van der Waals surface area contributed by atoms with Gasteiger partial charge in [0.25, 0.3) is 0 Å². The minimum Gasteiger partial charge on any atom is -0.306 e. The Labute approximate surface area is 115 Å². The van der Waals surface area contributed by atoms with Crippen molar-refractivity contribution in [3.8, 4) is 0 Å². The topological polar surface area (TPSA) is 0 Å². The van der Waals surface area contributed by atoms with Crippen molar-refractivity contribution >= 4 is 0 Å². The molecule has 0 heterocycles. The molecule has 17 heavy (non-hydrogen) atoms. The molecule has 2 aromatic rings. The van der Waals surface area contributed by atoms with Crippen LogP contribution in [-0.4, -0.2) is 0 Å². The second kappa shape index (κ2) is 4.73. The molecular weight excluding hydrogens is 199 g/mol. The first-order chi connectivity index (χ1) is 7.84. The first kappa shape index (κ1) is 12.5. The van der Waals surface area contributed by atoms with Crippen molar-refractivity contribution in [2.24, 2.45) is 0 Å². The van der Waals surface area contributed by atoms with Gasteiger partial charge in [-0.25, -0.2) is 0 Å². The van der Waals surface area contributed by atoms with E-state index in [9.17, 15) is 0 Å². The molecule has 0 aromatic heterocycles. The summed E-state index contributed by atoms with van der Waals surface area (Å²) in [5.41, 5.74) is 3.07. The summed E-state index contributed by atoms with van der Waals surface area (Å²) in [6, 6.07) is 21.6. The fourth-order valence-corrected chi connectivity index (χ4v) is 2.66. The van der Waals surface area contributed by atoms with Gasteiger partial charge in [0.1, 0.15) is 0 Å². The SMILES string of the molecule is C[C-]1CC1(c1ccccc1)c1ccccc1.[Li+]. The number of hydrogen-bond acceptors (Lipinski definition) is 0. The Bertz CT molecular complexity index is 436. The Hall–Kier alpha value is -0.963. The van der Waals surface area contributed by atoms with Crippen molar-refractivity contribution in [3.05, 3.63) is 77.7 Å². The predicted molar refractivity (Wildman–Crippen MR) is 67.2 cm³/mol. The first-order valence-electron chi connectivity index (χ1n) is 5.78. The van der Waals surface area contributed by atoms with Crippen LogP contribution < -0.4 is 18.9 Å². The van der Waals surface area contributed by atoms with Gasteiger partial charge < -0.3 is 5.92 Å². The predicted octanol–water partition coefficient (Wildman–Crippen LogP) is 0.975. The minimum absolute atomic E-state index is 0. The Morgan fingerprint density at radius 3 is 1.47 bits per heavy atom. The summed E-state index contributed by atoms with van der Waals surface area (Å²) in [4.78, 5) is 0. The van der Waals surface area contributed by atoms with E-state index in [4.69, 9.17) is 0 Å². The van der Waals surface area contributed by atoms with Gasteiger partial charge in [-0.05, 0) is 0 Å². The molecule has 0 N–H and O–H groups in total. The molecule has 80 valence electrons. The van der Waals surface area contributed by atoms with E-state index in [1.54, 1.807) is 5.92 Å². The van der Waals surface area contributed by atoms with Crippen LogP contribution in [0.1, 0.15) is 24.5 Å². The molecule has 1 fully saturated rings. The van der Waals surface area contributed by atoms with E-state index in [1.807, 2.05) is 0 Å². The second-order valence-electron chi connectivity index (χ2n) is 4.59. The minimum atomic E-state index is 0. The van der Waals surface area contributed by atoms with Gasteiger partial charge in [-0.1, -0.05) is 71.8 Å². The summed E-state index contributed by atoms with van der Waals surface area (Å²) < 4.78 is 0. The molecule has 3 rings (SSSR count). The van der Waals surface area contributed by atoms with Gasteiger partial charge in [-0.2, -0.15) is 13.3 Å². The van der Waals surface area contributed by atoms with Crippen LogP contribution in [0.25, 0.3) is 0 Å². The Balaban J connectivity index is 0.00000108. The van der Waals surface area contributed by atoms with E-state index in [1.165, 1.54) is 17.5 Å². The molecule has 1 aliphatic rings. The molecule has 0 bridgehead atoms. The summed E-state index contributed by atoms with van der Waals surface area (Å²) in [5.74, 6) is 1.57. The average Bonchev–Trinajstić information content (AvgIpc) is 3.05. The first-order valence-corrected chi connectivity index (χ1v) is 5.78. The monoisotopic (exact) mass is 214 g/mol. The summed E-state index contributed by atoms with van der Waals surface area (Å²) in [7, 11) is 0. The van der Waals surface area contributed by atoms with Crippen LogP contribution in [-0.2, 0) is 5.41 Å². The second-order valence-corrected chi connectivity index (χ2v) is 4.59. The quantitative estimate of drug-likeness (QED) is 0.516. The summed E-state index contributed by atoms with van der Waals surface area (Å²) in [6.07, 6.45) is 1.20. The van der Waals surface area contributed by atoms with E-state index in [2.05, 4.69) is 67.6 Å². The van der Waals surface area contributed by atoms with E-state index in [0.29, 0.717) is 0 Å². The zero-order chi connectivity index (χ0) is 11.0. The molecule has 0 unspecified atom stereocenters. The smallest absolute Gasteiger partial charge is 0.306 e. The van der Waals surface area contributed by atoms with Crippen molar-refractivity contribution in [2.45, 2.75) is 18.8 Å². The Morgan fingerprint density at radius 2 is 1.18 bits per heavy atom. The number of rotatable bonds is 2. The van der Waals surface area contributed by atoms with E-state index >= 15 is 0 Å². The third kappa shape index (κ3) is 1.97. The molecular formula is C16H15Li. The van der Waals surface area contributed by atoms with E-state index in [-0.39, 0.29) is 24.3 Å². The molecule has 0 spiro atoms. The van der Waals surface area contributed by atoms with Crippen LogP contribution >= 0.6 is 0 Å². The molecule has 0 atom stereocenters. The maximum atomic E-state index is 2.26. The molecule has 2 aromatic carbocycles. The van der Waals surface area contributed by atoms with Gasteiger partial charge in [0.15, 0.2) is 0 Å². The van der Waals surface area contributed by atoms with Crippen LogP contribution in [0.2, 0.25) is 0 Å². The standard InChI is InChI=1S/C16H15.Li/c1-13-12-16(13,14-8-4-2-5-9-14)15-10-6-3-7-11-15;/h2-11H,12H2,1H3;/q-1;+1. The molecule has 0 nitrogen and oxygen atoms in total. The van der Waals surface area contributed by atoms with E-state index in [0.717, 1.165) is 0 Å². The van der Waals surface area contributed by atoms with Crippen LogP contribution in [0.3, 0.4) is 0 Å². The van der Waals surface area contributed by atoms with Crippen LogP contribution in [0.4, 0.5) is 0 Å². The van der Waals surface area contributed by atoms with Gasteiger partial charge in [0.2, 0.25) is 0 Å². The molecule has 0 aliphatic heterocycles. The fourth-order valence-electron chi connectivity index (χ4n) is 2.66. The van der Waals surface area contributed by atoms with Gasteiger partial charge in [0.05, 0.1) is 0 Å². The molecule has 0 radical (unpaired) electrons. The van der Waals surface area contributed by atoms with Crippen molar-refractivity contribution in [1.29, 1.82) is 0 Å². The number of hydrogen-bond donors (Lipinski definition) is 0. The summed E-state index contributed by atoms with van der Waals surface area (Å²) in [6.45, 7) is 2.26. The zero-order valence-electron chi connectivity index (χ0n) is 10.5. The van der Waals surface area contributed by atoms with Crippen LogP contribution in [0, 0.1) is 5.92 Å². The molecule has 1 aliphatic carbocycles. The largest absolute Gasteiger partial charge is 1.00 e. The summed E-state index contributed by atoms with van der Waals surface area (Å²) >= 11 is 0. The Morgan fingerprint density at radius 1 is 0.824 bits per heavy atom. The Kier molecular flexibility index (Phi) is 3.47. The van der Waals surface area contributed by atoms with Crippen molar-refractivity contribution < 1.29 is 18.9 Å². The van der Waals surface area contributed by atoms with Crippen molar-refractivity contribution in [2.75, 3.05) is 0 Å². The van der Waals surface area contributed by atoms with Gasteiger partial charge >= 0.3 is 18.9 Å². The van der Waals surface area contributed by atoms with Gasteiger partial charge in [0, 0.05) is 0 Å². The maximum Gasteiger partial charge on any atom is 1.00 e. The third-order valence-corrected chi connectivity index (χ3v) is 3.67. The molecule has 1 saturated carbocycles. The van der Waals surface area contributed by atoms with Gasteiger partial charge in [-0.3, -0.25) is 0 Å². The zero-order valence-corrected chi connectivity index (χ0v) is 10.5. The third-order valence-electron chi connectivity index (χ3n) is 3.67. The summed E-state index contributed by atoms with van der Waals surface area (Å²) in [5, 5.41) is 0.